The Morgan fingerprint density at radius 2 is 1.93 bits per heavy atom. The van der Waals surface area contributed by atoms with E-state index in [1.807, 2.05) is 6.92 Å². The molecule has 0 fully saturated rings. The first-order valence-electron chi connectivity index (χ1n) is 8.07. The lowest BCUT2D eigenvalue weighted by Crippen LogP contribution is -2.38. The van der Waals surface area contributed by atoms with Crippen molar-refractivity contribution in [3.05, 3.63) is 58.9 Å². The monoisotopic (exact) mass is 409 g/mol. The summed E-state index contributed by atoms with van der Waals surface area (Å²) < 4.78 is 0. The molecule has 0 aliphatic heterocycles. The number of nitrogens with one attached hydrogen (secondary N) is 3. The first-order chi connectivity index (χ1) is 12.9. The van der Waals surface area contributed by atoms with Gasteiger partial charge in [-0.1, -0.05) is 35.9 Å². The van der Waals surface area contributed by atoms with Gasteiger partial charge in [0, 0.05) is 24.6 Å². The largest absolute Gasteiger partial charge is 0.346 e. The van der Waals surface area contributed by atoms with Gasteiger partial charge in [0.2, 0.25) is 0 Å². The molecule has 0 saturated carbocycles. The third-order valence-electron chi connectivity index (χ3n) is 3.13. The molecular weight excluding hydrogens is 389 g/mol. The fourth-order valence-corrected chi connectivity index (χ4v) is 2.24. The molecule has 0 aliphatic rings. The maximum Gasteiger partial charge on any atom is 0.273 e. The van der Waals surface area contributed by atoms with Crippen molar-refractivity contribution in [2.75, 3.05) is 18.4 Å². The molecule has 9 heteroatoms. The molecule has 2 amide bonds. The van der Waals surface area contributed by atoms with Gasteiger partial charge in [-0.15, -0.1) is 0 Å². The van der Waals surface area contributed by atoms with Crippen LogP contribution in [0.1, 0.15) is 13.8 Å². The van der Waals surface area contributed by atoms with Gasteiger partial charge in [0.05, 0.1) is 22.2 Å². The zero-order valence-electron chi connectivity index (χ0n) is 15.1. The number of allylic oxidation sites excluding steroid dienone is 3. The highest BCUT2D eigenvalue weighted by atomic mass is 35.5. The van der Waals surface area contributed by atoms with E-state index in [-0.39, 0.29) is 27.9 Å². The fraction of sp³-hybridized carbons (Fsp3) is 0.222. The summed E-state index contributed by atoms with van der Waals surface area (Å²) in [6, 6.07) is 3.27. The molecule has 0 bridgehead atoms. The Morgan fingerprint density at radius 1 is 1.26 bits per heavy atom. The van der Waals surface area contributed by atoms with Crippen LogP contribution in [0.3, 0.4) is 0 Å². The minimum atomic E-state index is -0.552. The second-order valence-corrected chi connectivity index (χ2v) is 5.82. The van der Waals surface area contributed by atoms with E-state index >= 15 is 0 Å². The van der Waals surface area contributed by atoms with Crippen molar-refractivity contribution in [3.63, 3.8) is 0 Å². The van der Waals surface area contributed by atoms with Gasteiger partial charge in [-0.3, -0.25) is 14.6 Å². The van der Waals surface area contributed by atoms with Crippen LogP contribution in [0.25, 0.3) is 0 Å². The van der Waals surface area contributed by atoms with E-state index in [0.717, 1.165) is 0 Å². The Bertz CT molecular complexity index is 773. The first kappa shape index (κ1) is 22.4. The predicted molar refractivity (Wildman–Crippen MR) is 110 cm³/mol. The van der Waals surface area contributed by atoms with E-state index in [0.29, 0.717) is 12.2 Å². The molecule has 144 valence electrons. The summed E-state index contributed by atoms with van der Waals surface area (Å²) in [5.74, 6) is -1.02. The third kappa shape index (κ3) is 7.24. The van der Waals surface area contributed by atoms with Crippen LogP contribution in [-0.2, 0) is 9.59 Å². The van der Waals surface area contributed by atoms with E-state index in [9.17, 15) is 9.59 Å². The Hall–Kier alpha value is -2.64. The van der Waals surface area contributed by atoms with Crippen molar-refractivity contribution in [2.45, 2.75) is 13.8 Å². The summed E-state index contributed by atoms with van der Waals surface area (Å²) in [7, 11) is 0. The fourth-order valence-electron chi connectivity index (χ4n) is 1.81. The van der Waals surface area contributed by atoms with Gasteiger partial charge in [-0.25, -0.2) is 0 Å². The van der Waals surface area contributed by atoms with Gasteiger partial charge in [-0.05, 0) is 32.1 Å². The van der Waals surface area contributed by atoms with Crippen LogP contribution in [0.5, 0.6) is 0 Å². The summed E-state index contributed by atoms with van der Waals surface area (Å²) in [6.07, 6.45) is 5.94. The summed E-state index contributed by atoms with van der Waals surface area (Å²) in [4.78, 5) is 28.8. The van der Waals surface area contributed by atoms with E-state index in [4.69, 9.17) is 23.2 Å². The molecule has 1 aromatic heterocycles. The minimum absolute atomic E-state index is 0.0631. The number of pyridine rings is 1. The van der Waals surface area contributed by atoms with Crippen molar-refractivity contribution in [1.82, 2.24) is 15.7 Å². The zero-order valence-corrected chi connectivity index (χ0v) is 16.6. The molecule has 7 nitrogen and oxygen atoms in total. The normalized spacial score (nSPS) is 12.7. The van der Waals surface area contributed by atoms with Gasteiger partial charge in [0.15, 0.2) is 0 Å². The average molecular weight is 410 g/mol. The minimum Gasteiger partial charge on any atom is -0.346 e. The predicted octanol–water partition coefficient (Wildman–Crippen LogP) is 2.92. The standard InChI is InChI=1S/C18H21Cl2N5O2/c1-4-13(19)16(14(20)5-2)18(27)22-11-15(25-23-6-3)17(26)24-12-7-9-21-10-8-12/h4-5,7-10,23H,1,6,11H2,2-3H3,(H,22,27)(H,21,24,26)/b14-5+,16-13-,25-15+. The summed E-state index contributed by atoms with van der Waals surface area (Å²) >= 11 is 12.1. The lowest BCUT2D eigenvalue weighted by molar-refractivity contribution is -0.116. The number of hydrogen-bond acceptors (Lipinski definition) is 5. The quantitative estimate of drug-likeness (QED) is 0.253. The number of halogens is 2. The number of aromatic nitrogens is 1. The van der Waals surface area contributed by atoms with Gasteiger partial charge in [0.1, 0.15) is 5.71 Å². The number of carbonyl (C=O) groups excluding carboxylic acids is 2. The van der Waals surface area contributed by atoms with Gasteiger partial charge in [-0.2, -0.15) is 5.10 Å². The number of anilines is 1. The molecular formula is C18H21Cl2N5O2. The average Bonchev–Trinajstić information content (AvgIpc) is 2.68. The molecule has 0 atom stereocenters. The molecule has 0 radical (unpaired) electrons. The van der Waals surface area contributed by atoms with Crippen LogP contribution in [-0.4, -0.2) is 35.6 Å². The summed E-state index contributed by atoms with van der Waals surface area (Å²) in [6.45, 7) is 7.41. The van der Waals surface area contributed by atoms with Gasteiger partial charge < -0.3 is 16.1 Å². The van der Waals surface area contributed by atoms with E-state index < -0.39 is 11.8 Å². The topological polar surface area (TPSA) is 95.5 Å². The van der Waals surface area contributed by atoms with Crippen molar-refractivity contribution < 1.29 is 9.59 Å². The molecule has 0 saturated heterocycles. The number of hydrogen-bond donors (Lipinski definition) is 3. The van der Waals surface area contributed by atoms with Gasteiger partial charge >= 0.3 is 0 Å². The van der Waals surface area contributed by atoms with Crippen molar-refractivity contribution in [1.29, 1.82) is 0 Å². The Labute approximate surface area is 168 Å². The molecule has 0 aliphatic carbocycles. The molecule has 1 aromatic rings. The van der Waals surface area contributed by atoms with Crippen LogP contribution in [0.15, 0.2) is 64.0 Å². The molecule has 27 heavy (non-hydrogen) atoms. The Balaban J connectivity index is 2.93. The van der Waals surface area contributed by atoms with Crippen LogP contribution in [0.4, 0.5) is 5.69 Å². The highest BCUT2D eigenvalue weighted by Gasteiger charge is 2.19. The van der Waals surface area contributed by atoms with Crippen LogP contribution in [0.2, 0.25) is 0 Å². The molecule has 1 rings (SSSR count). The van der Waals surface area contributed by atoms with Crippen LogP contribution < -0.4 is 16.1 Å². The van der Waals surface area contributed by atoms with Crippen molar-refractivity contribution in [3.8, 4) is 0 Å². The van der Waals surface area contributed by atoms with E-state index in [1.165, 1.54) is 12.2 Å². The smallest absolute Gasteiger partial charge is 0.273 e. The van der Waals surface area contributed by atoms with E-state index in [1.54, 1.807) is 31.5 Å². The Morgan fingerprint density at radius 3 is 2.48 bits per heavy atom. The third-order valence-corrected chi connectivity index (χ3v) is 3.88. The first-order valence-corrected chi connectivity index (χ1v) is 8.83. The van der Waals surface area contributed by atoms with Crippen LogP contribution in [0, 0.1) is 0 Å². The van der Waals surface area contributed by atoms with E-state index in [2.05, 4.69) is 32.7 Å². The SMILES string of the molecule is C=C/C(Cl)=C(C(=O)NC/C(=N\NCC)C(=O)Nc1ccncc1)\C(Cl)=C/C. The number of rotatable bonds is 9. The highest BCUT2D eigenvalue weighted by Crippen LogP contribution is 2.22. The summed E-state index contributed by atoms with van der Waals surface area (Å²) in [5, 5.41) is 9.55. The number of carbonyl (C=O) groups is 2. The lowest BCUT2D eigenvalue weighted by atomic mass is 10.2. The maximum absolute atomic E-state index is 12.5. The molecule has 0 spiro atoms. The number of hydrazone groups is 1. The number of amides is 2. The second kappa shape index (κ2) is 11.9. The number of nitrogens with zero attached hydrogens (tertiary/aromatic N) is 2. The zero-order chi connectivity index (χ0) is 20.2. The van der Waals surface area contributed by atoms with Crippen molar-refractivity contribution >= 4 is 46.4 Å². The Kier molecular flexibility index (Phi) is 9.85. The second-order valence-electron chi connectivity index (χ2n) is 5.01. The molecule has 1 heterocycles. The molecule has 0 unspecified atom stereocenters. The van der Waals surface area contributed by atoms with Crippen LogP contribution >= 0.6 is 23.2 Å². The lowest BCUT2D eigenvalue weighted by Gasteiger charge is -2.12. The van der Waals surface area contributed by atoms with Gasteiger partial charge in [0.25, 0.3) is 11.8 Å². The van der Waals surface area contributed by atoms with Crippen molar-refractivity contribution in [2.24, 2.45) is 5.10 Å². The molecule has 0 aromatic carbocycles. The molecule has 3 N–H and O–H groups in total. The maximum atomic E-state index is 12.5. The highest BCUT2D eigenvalue weighted by molar-refractivity contribution is 6.44. The summed E-state index contributed by atoms with van der Waals surface area (Å²) in [5.41, 5.74) is 3.40.